The Morgan fingerprint density at radius 3 is 2.78 bits per heavy atom. The Hall–Kier alpha value is -2.03. The van der Waals surface area contributed by atoms with Crippen LogP contribution >= 0.6 is 0 Å². The standard InChI is InChI=1S/C9H12F2N4O3/c1-18-7-3-2-6(15(16)17)8(14-7)13-5-9(10,11)4-12/h2-3H,4-5,12H2,1H3,(H,13,14). The molecule has 7 nitrogen and oxygen atoms in total. The van der Waals surface area contributed by atoms with Gasteiger partial charge in [0.05, 0.1) is 25.1 Å². The van der Waals surface area contributed by atoms with Crippen molar-refractivity contribution < 1.29 is 18.4 Å². The minimum Gasteiger partial charge on any atom is -0.481 e. The van der Waals surface area contributed by atoms with Crippen LogP contribution in [0.5, 0.6) is 5.88 Å². The van der Waals surface area contributed by atoms with Crippen LogP contribution in [-0.2, 0) is 0 Å². The molecule has 1 rings (SSSR count). The molecule has 1 aromatic heterocycles. The van der Waals surface area contributed by atoms with Crippen molar-refractivity contribution in [1.29, 1.82) is 0 Å². The number of nitro groups is 1. The first-order chi connectivity index (χ1) is 8.39. The number of rotatable bonds is 6. The van der Waals surface area contributed by atoms with Crippen molar-refractivity contribution in [3.63, 3.8) is 0 Å². The second kappa shape index (κ2) is 5.54. The van der Waals surface area contributed by atoms with Crippen LogP contribution in [0.4, 0.5) is 20.3 Å². The van der Waals surface area contributed by atoms with Gasteiger partial charge in [-0.3, -0.25) is 10.1 Å². The topological polar surface area (TPSA) is 103 Å². The normalized spacial score (nSPS) is 11.1. The smallest absolute Gasteiger partial charge is 0.311 e. The van der Waals surface area contributed by atoms with E-state index in [1.165, 1.54) is 13.2 Å². The molecule has 0 aliphatic carbocycles. The second-order valence-corrected chi connectivity index (χ2v) is 3.39. The van der Waals surface area contributed by atoms with Gasteiger partial charge in [-0.25, -0.2) is 8.78 Å². The van der Waals surface area contributed by atoms with Gasteiger partial charge in [-0.1, -0.05) is 0 Å². The van der Waals surface area contributed by atoms with E-state index in [0.29, 0.717) is 0 Å². The summed E-state index contributed by atoms with van der Waals surface area (Å²) in [5.74, 6) is -3.37. The third-order valence-electron chi connectivity index (χ3n) is 2.07. The summed E-state index contributed by atoms with van der Waals surface area (Å²) >= 11 is 0. The number of ether oxygens (including phenoxy) is 1. The largest absolute Gasteiger partial charge is 0.481 e. The van der Waals surface area contributed by atoms with E-state index in [0.717, 1.165) is 6.07 Å². The van der Waals surface area contributed by atoms with Crippen LogP contribution in [0.2, 0.25) is 0 Å². The Bertz CT molecular complexity index is 442. The van der Waals surface area contributed by atoms with Crippen molar-refractivity contribution >= 4 is 11.5 Å². The zero-order valence-electron chi connectivity index (χ0n) is 9.52. The molecule has 18 heavy (non-hydrogen) atoms. The lowest BCUT2D eigenvalue weighted by Crippen LogP contribution is -2.35. The maximum absolute atomic E-state index is 12.9. The zero-order valence-corrected chi connectivity index (χ0v) is 9.52. The van der Waals surface area contributed by atoms with Gasteiger partial charge in [0, 0.05) is 12.1 Å². The minimum absolute atomic E-state index is 0.0826. The van der Waals surface area contributed by atoms with Gasteiger partial charge in [0.1, 0.15) is 0 Å². The van der Waals surface area contributed by atoms with Gasteiger partial charge in [-0.2, -0.15) is 4.98 Å². The maximum atomic E-state index is 12.9. The summed E-state index contributed by atoms with van der Waals surface area (Å²) < 4.78 is 30.6. The lowest BCUT2D eigenvalue weighted by atomic mass is 10.3. The highest BCUT2D eigenvalue weighted by Crippen LogP contribution is 2.25. The Balaban J connectivity index is 2.94. The van der Waals surface area contributed by atoms with Gasteiger partial charge < -0.3 is 15.8 Å². The lowest BCUT2D eigenvalue weighted by molar-refractivity contribution is -0.384. The second-order valence-electron chi connectivity index (χ2n) is 3.39. The van der Waals surface area contributed by atoms with E-state index in [-0.39, 0.29) is 11.7 Å². The summed E-state index contributed by atoms with van der Waals surface area (Å²) in [7, 11) is 1.31. The number of pyridine rings is 1. The number of hydrogen-bond donors (Lipinski definition) is 2. The number of nitrogens with one attached hydrogen (secondary N) is 1. The fourth-order valence-electron chi connectivity index (χ4n) is 1.11. The van der Waals surface area contributed by atoms with Gasteiger partial charge in [0.2, 0.25) is 11.7 Å². The van der Waals surface area contributed by atoms with Gasteiger partial charge in [-0.05, 0) is 0 Å². The Kier molecular flexibility index (Phi) is 4.32. The Morgan fingerprint density at radius 2 is 2.28 bits per heavy atom. The van der Waals surface area contributed by atoms with E-state index in [2.05, 4.69) is 10.3 Å². The molecule has 0 aliphatic heterocycles. The highest BCUT2D eigenvalue weighted by atomic mass is 19.3. The highest BCUT2D eigenvalue weighted by molar-refractivity contribution is 5.57. The molecule has 0 saturated carbocycles. The molecule has 1 aromatic rings. The molecule has 1 heterocycles. The number of aromatic nitrogens is 1. The van der Waals surface area contributed by atoms with Gasteiger partial charge in [-0.15, -0.1) is 0 Å². The maximum Gasteiger partial charge on any atom is 0.311 e. The van der Waals surface area contributed by atoms with Crippen LogP contribution in [0, 0.1) is 10.1 Å². The average molecular weight is 262 g/mol. The number of alkyl halides is 2. The zero-order chi connectivity index (χ0) is 13.8. The summed E-state index contributed by atoms with van der Waals surface area (Å²) in [6, 6.07) is 2.39. The van der Waals surface area contributed by atoms with Crippen LogP contribution in [0.25, 0.3) is 0 Å². The average Bonchev–Trinajstić information content (AvgIpc) is 2.36. The molecule has 0 radical (unpaired) electrons. The number of nitrogens with zero attached hydrogens (tertiary/aromatic N) is 2. The number of halogens is 2. The molecule has 0 fully saturated rings. The third-order valence-corrected chi connectivity index (χ3v) is 2.07. The van der Waals surface area contributed by atoms with Crippen LogP contribution in [-0.4, -0.2) is 36.0 Å². The summed E-state index contributed by atoms with van der Waals surface area (Å²) in [6.07, 6.45) is 0. The quantitative estimate of drug-likeness (QED) is 0.585. The Morgan fingerprint density at radius 1 is 1.61 bits per heavy atom. The summed E-state index contributed by atoms with van der Waals surface area (Å²) in [4.78, 5) is 13.7. The van der Waals surface area contributed by atoms with Crippen LogP contribution < -0.4 is 15.8 Å². The van der Waals surface area contributed by atoms with Crippen LogP contribution in [0.1, 0.15) is 0 Å². The molecular formula is C9H12F2N4O3. The molecule has 0 saturated heterocycles. The van der Waals surface area contributed by atoms with E-state index in [4.69, 9.17) is 10.5 Å². The number of methoxy groups -OCH3 is 1. The summed E-state index contributed by atoms with van der Waals surface area (Å²) in [6.45, 7) is -1.71. The molecule has 0 unspecified atom stereocenters. The number of anilines is 1. The third kappa shape index (κ3) is 3.48. The molecule has 0 amide bonds. The fourth-order valence-corrected chi connectivity index (χ4v) is 1.11. The lowest BCUT2D eigenvalue weighted by Gasteiger charge is -2.15. The summed E-state index contributed by atoms with van der Waals surface area (Å²) in [5.41, 5.74) is 4.44. The monoisotopic (exact) mass is 262 g/mol. The van der Waals surface area contributed by atoms with Crippen molar-refractivity contribution in [2.24, 2.45) is 5.73 Å². The molecule has 0 bridgehead atoms. The van der Waals surface area contributed by atoms with Gasteiger partial charge in [0.25, 0.3) is 5.92 Å². The molecule has 0 aliphatic rings. The van der Waals surface area contributed by atoms with Crippen molar-refractivity contribution in [2.45, 2.75) is 5.92 Å². The van der Waals surface area contributed by atoms with Crippen LogP contribution in [0.15, 0.2) is 12.1 Å². The first-order valence-corrected chi connectivity index (χ1v) is 4.91. The first kappa shape index (κ1) is 14.0. The van der Waals surface area contributed by atoms with E-state index in [1.807, 2.05) is 0 Å². The highest BCUT2D eigenvalue weighted by Gasteiger charge is 2.28. The molecule has 9 heteroatoms. The van der Waals surface area contributed by atoms with E-state index >= 15 is 0 Å². The number of nitrogens with two attached hydrogens (primary N) is 1. The minimum atomic E-state index is -3.17. The van der Waals surface area contributed by atoms with Crippen molar-refractivity contribution in [1.82, 2.24) is 4.98 Å². The van der Waals surface area contributed by atoms with Gasteiger partial charge >= 0.3 is 5.69 Å². The van der Waals surface area contributed by atoms with Crippen molar-refractivity contribution in [3.8, 4) is 5.88 Å². The molecule has 0 atom stereocenters. The van der Waals surface area contributed by atoms with Crippen LogP contribution in [0.3, 0.4) is 0 Å². The van der Waals surface area contributed by atoms with E-state index < -0.39 is 29.6 Å². The van der Waals surface area contributed by atoms with E-state index in [9.17, 15) is 18.9 Å². The van der Waals surface area contributed by atoms with Crippen molar-refractivity contribution in [3.05, 3.63) is 22.2 Å². The predicted molar refractivity (Wildman–Crippen MR) is 59.9 cm³/mol. The molecule has 100 valence electrons. The van der Waals surface area contributed by atoms with E-state index in [1.54, 1.807) is 0 Å². The molecule has 0 aromatic carbocycles. The Labute approximate surface area is 101 Å². The fraction of sp³-hybridized carbons (Fsp3) is 0.444. The number of hydrogen-bond acceptors (Lipinski definition) is 6. The predicted octanol–water partition coefficient (Wildman–Crippen LogP) is 1.00. The molecule has 3 N–H and O–H groups in total. The molecular weight excluding hydrogens is 250 g/mol. The summed E-state index contributed by atoms with van der Waals surface area (Å²) in [5, 5.41) is 12.9. The first-order valence-electron chi connectivity index (χ1n) is 4.91. The van der Waals surface area contributed by atoms with Crippen molar-refractivity contribution in [2.75, 3.05) is 25.5 Å². The molecule has 0 spiro atoms. The SMILES string of the molecule is COc1ccc([N+](=O)[O-])c(NCC(F)(F)CN)n1. The van der Waals surface area contributed by atoms with Gasteiger partial charge in [0.15, 0.2) is 0 Å².